The third-order valence-electron chi connectivity index (χ3n) is 4.55. The van der Waals surface area contributed by atoms with Gasteiger partial charge in [-0.2, -0.15) is 4.31 Å². The molecule has 1 heterocycles. The van der Waals surface area contributed by atoms with E-state index in [1.165, 1.54) is 4.31 Å². The summed E-state index contributed by atoms with van der Waals surface area (Å²) in [6.07, 6.45) is 0. The highest BCUT2D eigenvalue weighted by Crippen LogP contribution is 2.17. The maximum atomic E-state index is 12.6. The van der Waals surface area contributed by atoms with Gasteiger partial charge in [-0.15, -0.1) is 0 Å². The Morgan fingerprint density at radius 2 is 1.58 bits per heavy atom. The number of hydrogen-bond acceptors (Lipinski definition) is 4. The minimum Gasteiger partial charge on any atom is -0.376 e. The Morgan fingerprint density at radius 3 is 2.23 bits per heavy atom. The van der Waals surface area contributed by atoms with E-state index in [0.29, 0.717) is 31.1 Å². The summed E-state index contributed by atoms with van der Waals surface area (Å²) in [4.78, 5) is 14.4. The number of anilines is 1. The summed E-state index contributed by atoms with van der Waals surface area (Å²) in [5.41, 5.74) is 2.02. The third-order valence-corrected chi connectivity index (χ3v) is 6.46. The molecule has 3 rings (SSSR count). The van der Waals surface area contributed by atoms with Gasteiger partial charge in [0.15, 0.2) is 0 Å². The zero-order valence-corrected chi connectivity index (χ0v) is 15.6. The molecule has 2 aromatic carbocycles. The van der Waals surface area contributed by atoms with Crippen LogP contribution in [0.5, 0.6) is 0 Å². The molecule has 138 valence electrons. The van der Waals surface area contributed by atoms with Crippen LogP contribution >= 0.6 is 0 Å². The molecule has 0 bridgehead atoms. The Balaban J connectivity index is 1.55. The summed E-state index contributed by atoms with van der Waals surface area (Å²) in [6.45, 7) is 3.62. The molecule has 2 aromatic rings. The summed E-state index contributed by atoms with van der Waals surface area (Å²) in [5.74, 6) is -0.0231. The number of amides is 1. The molecule has 0 saturated carbocycles. The summed E-state index contributed by atoms with van der Waals surface area (Å²) in [5, 5.41) is 3.15. The van der Waals surface area contributed by atoms with Gasteiger partial charge in [0.25, 0.3) is 0 Å². The molecular formula is C19H23N3O3S. The first-order valence-corrected chi connectivity index (χ1v) is 10.0. The van der Waals surface area contributed by atoms with Gasteiger partial charge in [-0.25, -0.2) is 8.42 Å². The van der Waals surface area contributed by atoms with Crippen molar-refractivity contribution >= 4 is 21.6 Å². The van der Waals surface area contributed by atoms with Crippen LogP contribution in [0, 0.1) is 6.92 Å². The monoisotopic (exact) mass is 373 g/mol. The van der Waals surface area contributed by atoms with Gasteiger partial charge in [-0.3, -0.25) is 4.79 Å². The largest absolute Gasteiger partial charge is 0.376 e. The van der Waals surface area contributed by atoms with Crippen molar-refractivity contribution in [3.05, 3.63) is 60.2 Å². The van der Waals surface area contributed by atoms with E-state index >= 15 is 0 Å². The first-order chi connectivity index (χ1) is 12.5. The molecule has 1 amide bonds. The van der Waals surface area contributed by atoms with E-state index in [1.54, 1.807) is 35.2 Å². The van der Waals surface area contributed by atoms with Gasteiger partial charge in [0, 0.05) is 31.9 Å². The lowest BCUT2D eigenvalue weighted by atomic mass is 10.2. The van der Waals surface area contributed by atoms with Gasteiger partial charge in [-0.05, 0) is 30.7 Å². The maximum Gasteiger partial charge on any atom is 0.243 e. The predicted molar refractivity (Wildman–Crippen MR) is 101 cm³/mol. The predicted octanol–water partition coefficient (Wildman–Crippen LogP) is 1.94. The van der Waals surface area contributed by atoms with Crippen molar-refractivity contribution in [3.63, 3.8) is 0 Å². The number of nitrogens with one attached hydrogen (secondary N) is 1. The second-order valence-electron chi connectivity index (χ2n) is 6.27. The number of hydrogen-bond donors (Lipinski definition) is 1. The number of rotatable bonds is 5. The van der Waals surface area contributed by atoms with Crippen LogP contribution in [0.4, 0.5) is 5.69 Å². The molecule has 6 nitrogen and oxygen atoms in total. The van der Waals surface area contributed by atoms with E-state index in [-0.39, 0.29) is 12.5 Å². The second-order valence-corrected chi connectivity index (χ2v) is 8.20. The van der Waals surface area contributed by atoms with Crippen molar-refractivity contribution in [2.24, 2.45) is 0 Å². The average Bonchev–Trinajstić information content (AvgIpc) is 2.68. The highest BCUT2D eigenvalue weighted by Gasteiger charge is 2.29. The van der Waals surface area contributed by atoms with Crippen molar-refractivity contribution in [2.45, 2.75) is 11.8 Å². The minimum atomic E-state index is -3.49. The van der Waals surface area contributed by atoms with Crippen LogP contribution in [0.15, 0.2) is 59.5 Å². The molecule has 7 heteroatoms. The van der Waals surface area contributed by atoms with Gasteiger partial charge in [0.2, 0.25) is 15.9 Å². The molecule has 0 aliphatic carbocycles. The first kappa shape index (κ1) is 18.4. The van der Waals surface area contributed by atoms with Gasteiger partial charge in [0.05, 0.1) is 11.4 Å². The molecule has 0 aromatic heterocycles. The van der Waals surface area contributed by atoms with Crippen LogP contribution < -0.4 is 5.32 Å². The fourth-order valence-electron chi connectivity index (χ4n) is 2.97. The Kier molecular flexibility index (Phi) is 5.58. The SMILES string of the molecule is Cc1ccccc1NCC(=O)N1CCN(S(=O)(=O)c2ccccc2)CC1. The van der Waals surface area contributed by atoms with E-state index in [0.717, 1.165) is 11.3 Å². The lowest BCUT2D eigenvalue weighted by Gasteiger charge is -2.34. The third kappa shape index (κ3) is 4.05. The van der Waals surface area contributed by atoms with Crippen molar-refractivity contribution < 1.29 is 13.2 Å². The highest BCUT2D eigenvalue weighted by molar-refractivity contribution is 7.89. The van der Waals surface area contributed by atoms with Crippen LogP contribution in [-0.2, 0) is 14.8 Å². The Hall–Kier alpha value is -2.38. The number of sulfonamides is 1. The molecule has 1 aliphatic rings. The number of para-hydroxylation sites is 1. The molecule has 0 atom stereocenters. The van der Waals surface area contributed by atoms with Gasteiger partial charge < -0.3 is 10.2 Å². The topological polar surface area (TPSA) is 69.7 Å². The van der Waals surface area contributed by atoms with Crippen molar-refractivity contribution in [2.75, 3.05) is 38.0 Å². The molecule has 26 heavy (non-hydrogen) atoms. The van der Waals surface area contributed by atoms with Gasteiger partial charge in [-0.1, -0.05) is 36.4 Å². The van der Waals surface area contributed by atoms with Crippen LogP contribution in [0.2, 0.25) is 0 Å². The molecule has 1 aliphatic heterocycles. The first-order valence-electron chi connectivity index (χ1n) is 8.61. The normalized spacial score (nSPS) is 15.7. The fraction of sp³-hybridized carbons (Fsp3) is 0.316. The van der Waals surface area contributed by atoms with E-state index in [9.17, 15) is 13.2 Å². The summed E-state index contributed by atoms with van der Waals surface area (Å²) in [6, 6.07) is 16.2. The number of nitrogens with zero attached hydrogens (tertiary/aromatic N) is 2. The molecule has 1 fully saturated rings. The Bertz CT molecular complexity index is 861. The van der Waals surface area contributed by atoms with Crippen LogP contribution in [0.25, 0.3) is 0 Å². The number of carbonyl (C=O) groups excluding carboxylic acids is 1. The molecule has 0 spiro atoms. The van der Waals surface area contributed by atoms with E-state index < -0.39 is 10.0 Å². The standard InChI is InChI=1S/C19H23N3O3S/c1-16-7-5-6-10-18(16)20-15-19(23)21-11-13-22(14-12-21)26(24,25)17-8-3-2-4-9-17/h2-10,20H,11-15H2,1H3. The molecular weight excluding hydrogens is 350 g/mol. The smallest absolute Gasteiger partial charge is 0.243 e. The maximum absolute atomic E-state index is 12.6. The number of benzene rings is 2. The number of piperazine rings is 1. The molecule has 0 unspecified atom stereocenters. The summed E-state index contributed by atoms with van der Waals surface area (Å²) in [7, 11) is -3.49. The lowest BCUT2D eigenvalue weighted by Crippen LogP contribution is -2.51. The van der Waals surface area contributed by atoms with Gasteiger partial charge >= 0.3 is 0 Å². The number of carbonyl (C=O) groups is 1. The minimum absolute atomic E-state index is 0.0231. The summed E-state index contributed by atoms with van der Waals surface area (Å²) < 4.78 is 26.7. The van der Waals surface area contributed by atoms with E-state index in [4.69, 9.17) is 0 Å². The molecule has 1 N–H and O–H groups in total. The van der Waals surface area contributed by atoms with Crippen LogP contribution in [0.1, 0.15) is 5.56 Å². The van der Waals surface area contributed by atoms with E-state index in [2.05, 4.69) is 5.32 Å². The van der Waals surface area contributed by atoms with E-state index in [1.807, 2.05) is 31.2 Å². The quantitative estimate of drug-likeness (QED) is 0.870. The van der Waals surface area contributed by atoms with Gasteiger partial charge in [0.1, 0.15) is 0 Å². The average molecular weight is 373 g/mol. The second kappa shape index (κ2) is 7.88. The van der Waals surface area contributed by atoms with Crippen LogP contribution in [-0.4, -0.2) is 56.3 Å². The Morgan fingerprint density at radius 1 is 0.962 bits per heavy atom. The van der Waals surface area contributed by atoms with Crippen molar-refractivity contribution in [1.82, 2.24) is 9.21 Å². The lowest BCUT2D eigenvalue weighted by molar-refractivity contribution is -0.130. The summed E-state index contributed by atoms with van der Waals surface area (Å²) >= 11 is 0. The fourth-order valence-corrected chi connectivity index (χ4v) is 4.42. The molecule has 0 radical (unpaired) electrons. The number of aryl methyl sites for hydroxylation is 1. The molecule has 1 saturated heterocycles. The Labute approximate surface area is 154 Å². The van der Waals surface area contributed by atoms with Crippen molar-refractivity contribution in [3.8, 4) is 0 Å². The highest BCUT2D eigenvalue weighted by atomic mass is 32.2. The zero-order chi connectivity index (χ0) is 18.6. The van der Waals surface area contributed by atoms with Crippen LogP contribution in [0.3, 0.4) is 0 Å². The van der Waals surface area contributed by atoms with Crippen molar-refractivity contribution in [1.29, 1.82) is 0 Å². The zero-order valence-electron chi connectivity index (χ0n) is 14.8.